The van der Waals surface area contributed by atoms with Gasteiger partial charge in [-0.15, -0.1) is 0 Å². The number of pyridine rings is 1. The highest BCUT2D eigenvalue weighted by Gasteiger charge is 2.43. The van der Waals surface area contributed by atoms with E-state index in [9.17, 15) is 4.79 Å². The molecular formula is C26H26N6O. The van der Waals surface area contributed by atoms with Crippen molar-refractivity contribution < 1.29 is 4.79 Å². The number of carbonyl (C=O) groups excluding carboxylic acids is 1. The lowest BCUT2D eigenvalue weighted by Gasteiger charge is -2.22. The van der Waals surface area contributed by atoms with E-state index in [1.807, 2.05) is 83.9 Å². The SMILES string of the molecule is Cc1cc(C)nc(N2CC3CN(C(=O)c4c(-c5ccccc5)nc5ccccn45)CC3C2)n1. The summed E-state index contributed by atoms with van der Waals surface area (Å²) in [5.41, 5.74) is 5.12. The standard InChI is InChI=1S/C26H26N6O/c1-17-12-18(2)28-26(27-17)31-15-20-13-30(14-21(20)16-31)25(33)24-23(19-8-4-3-5-9-19)29-22-10-6-7-11-32(22)24/h3-12,20-21H,13-16H2,1-2H3. The first-order valence-electron chi connectivity index (χ1n) is 11.5. The average molecular weight is 439 g/mol. The van der Waals surface area contributed by atoms with E-state index in [-0.39, 0.29) is 5.91 Å². The van der Waals surface area contributed by atoms with Gasteiger partial charge in [0.15, 0.2) is 0 Å². The zero-order valence-electron chi connectivity index (χ0n) is 18.8. The summed E-state index contributed by atoms with van der Waals surface area (Å²) in [6.45, 7) is 7.29. The van der Waals surface area contributed by atoms with Gasteiger partial charge >= 0.3 is 0 Å². The summed E-state index contributed by atoms with van der Waals surface area (Å²) in [5, 5.41) is 0. The highest BCUT2D eigenvalue weighted by atomic mass is 16.2. The molecular weight excluding hydrogens is 412 g/mol. The van der Waals surface area contributed by atoms with Gasteiger partial charge in [-0.3, -0.25) is 9.20 Å². The summed E-state index contributed by atoms with van der Waals surface area (Å²) in [7, 11) is 0. The molecule has 4 aromatic rings. The highest BCUT2D eigenvalue weighted by Crippen LogP contribution is 2.35. The van der Waals surface area contributed by atoms with E-state index < -0.39 is 0 Å². The minimum absolute atomic E-state index is 0.0520. The number of amides is 1. The predicted molar refractivity (Wildman–Crippen MR) is 127 cm³/mol. The fourth-order valence-electron chi connectivity index (χ4n) is 5.32. The normalized spacial score (nSPS) is 19.9. The Morgan fingerprint density at radius 3 is 2.21 bits per heavy atom. The van der Waals surface area contributed by atoms with Crippen molar-refractivity contribution in [2.45, 2.75) is 13.8 Å². The highest BCUT2D eigenvalue weighted by molar-refractivity contribution is 6.00. The maximum Gasteiger partial charge on any atom is 0.273 e. The summed E-state index contributed by atoms with van der Waals surface area (Å²) >= 11 is 0. The molecule has 2 saturated heterocycles. The molecule has 0 N–H and O–H groups in total. The number of likely N-dealkylation sites (tertiary alicyclic amines) is 1. The molecule has 6 rings (SSSR count). The van der Waals surface area contributed by atoms with Crippen molar-refractivity contribution in [1.82, 2.24) is 24.3 Å². The fourth-order valence-corrected chi connectivity index (χ4v) is 5.32. The summed E-state index contributed by atoms with van der Waals surface area (Å²) in [6.07, 6.45) is 1.93. The first-order valence-corrected chi connectivity index (χ1v) is 11.5. The molecule has 0 spiro atoms. The second kappa shape index (κ2) is 7.69. The van der Waals surface area contributed by atoms with Gasteiger partial charge < -0.3 is 9.80 Å². The number of benzene rings is 1. The van der Waals surface area contributed by atoms with Gasteiger partial charge in [-0.05, 0) is 32.0 Å². The Labute approximate surface area is 192 Å². The van der Waals surface area contributed by atoms with Crippen LogP contribution >= 0.6 is 0 Å². The Kier molecular flexibility index (Phi) is 4.64. The molecule has 33 heavy (non-hydrogen) atoms. The van der Waals surface area contributed by atoms with Crippen LogP contribution in [0, 0.1) is 25.7 Å². The average Bonchev–Trinajstić information content (AvgIpc) is 3.50. The number of hydrogen-bond acceptors (Lipinski definition) is 5. The smallest absolute Gasteiger partial charge is 0.273 e. The molecule has 1 amide bonds. The summed E-state index contributed by atoms with van der Waals surface area (Å²) in [5.74, 6) is 1.72. The van der Waals surface area contributed by atoms with Crippen molar-refractivity contribution in [3.8, 4) is 11.3 Å². The number of imidazole rings is 1. The lowest BCUT2D eigenvalue weighted by atomic mass is 10.0. The maximum atomic E-state index is 13.8. The number of anilines is 1. The van der Waals surface area contributed by atoms with Crippen molar-refractivity contribution in [3.05, 3.63) is 77.9 Å². The molecule has 2 aliphatic rings. The third-order valence-corrected chi connectivity index (χ3v) is 6.81. The van der Waals surface area contributed by atoms with Crippen molar-refractivity contribution >= 4 is 17.5 Å². The number of fused-ring (bicyclic) bond motifs is 2. The van der Waals surface area contributed by atoms with Crippen LogP contribution < -0.4 is 4.90 Å². The van der Waals surface area contributed by atoms with Gasteiger partial charge in [0.1, 0.15) is 17.0 Å². The maximum absolute atomic E-state index is 13.8. The molecule has 2 aliphatic heterocycles. The number of aryl methyl sites for hydroxylation is 2. The Morgan fingerprint density at radius 1 is 0.848 bits per heavy atom. The van der Waals surface area contributed by atoms with Crippen molar-refractivity contribution in [3.63, 3.8) is 0 Å². The van der Waals surface area contributed by atoms with Crippen LogP contribution in [0.2, 0.25) is 0 Å². The quantitative estimate of drug-likeness (QED) is 0.489. The van der Waals surface area contributed by atoms with Gasteiger partial charge in [0.25, 0.3) is 5.91 Å². The van der Waals surface area contributed by atoms with Gasteiger partial charge in [0, 0.05) is 61.2 Å². The third-order valence-electron chi connectivity index (χ3n) is 6.81. The Morgan fingerprint density at radius 2 is 1.52 bits per heavy atom. The molecule has 0 aliphatic carbocycles. The second-order valence-corrected chi connectivity index (χ2v) is 9.19. The lowest BCUT2D eigenvalue weighted by Crippen LogP contribution is -2.34. The number of nitrogens with zero attached hydrogens (tertiary/aromatic N) is 6. The predicted octanol–water partition coefficient (Wildman–Crippen LogP) is 3.62. The molecule has 1 aromatic carbocycles. The molecule has 0 bridgehead atoms. The third kappa shape index (κ3) is 3.44. The molecule has 2 fully saturated rings. The first kappa shape index (κ1) is 19.9. The Balaban J connectivity index is 1.27. The van der Waals surface area contributed by atoms with Gasteiger partial charge in [-0.1, -0.05) is 36.4 Å². The topological polar surface area (TPSA) is 66.6 Å². The summed E-state index contributed by atoms with van der Waals surface area (Å²) < 4.78 is 1.93. The monoisotopic (exact) mass is 438 g/mol. The Bertz CT molecular complexity index is 1310. The van der Waals surface area contributed by atoms with E-state index in [1.165, 1.54) is 0 Å². The number of rotatable bonds is 3. The molecule has 0 saturated carbocycles. The van der Waals surface area contributed by atoms with Crippen molar-refractivity contribution in [2.75, 3.05) is 31.1 Å². The van der Waals surface area contributed by atoms with Crippen molar-refractivity contribution in [2.24, 2.45) is 11.8 Å². The molecule has 7 heteroatoms. The van der Waals surface area contributed by atoms with Crippen LogP contribution in [0.1, 0.15) is 21.9 Å². The van der Waals surface area contributed by atoms with E-state index in [2.05, 4.69) is 14.9 Å². The Hall–Kier alpha value is -3.74. The molecule has 2 atom stereocenters. The number of carbonyl (C=O) groups is 1. The minimum Gasteiger partial charge on any atom is -0.340 e. The lowest BCUT2D eigenvalue weighted by molar-refractivity contribution is 0.0776. The summed E-state index contributed by atoms with van der Waals surface area (Å²) in [4.78, 5) is 32.2. The van der Waals surface area contributed by atoms with E-state index >= 15 is 0 Å². The molecule has 5 heterocycles. The number of hydrogen-bond donors (Lipinski definition) is 0. The van der Waals surface area contributed by atoms with E-state index in [4.69, 9.17) is 4.98 Å². The molecule has 166 valence electrons. The van der Waals surface area contributed by atoms with Crippen LogP contribution in [0.25, 0.3) is 16.9 Å². The van der Waals surface area contributed by atoms with Gasteiger partial charge in [-0.2, -0.15) is 0 Å². The molecule has 2 unspecified atom stereocenters. The van der Waals surface area contributed by atoms with Crippen LogP contribution in [0.4, 0.5) is 5.95 Å². The first-order chi connectivity index (χ1) is 16.1. The van der Waals surface area contributed by atoms with E-state index in [1.54, 1.807) is 0 Å². The second-order valence-electron chi connectivity index (χ2n) is 9.19. The van der Waals surface area contributed by atoms with Gasteiger partial charge in [0.05, 0.1) is 0 Å². The molecule has 7 nitrogen and oxygen atoms in total. The van der Waals surface area contributed by atoms with E-state index in [0.29, 0.717) is 17.5 Å². The van der Waals surface area contributed by atoms with Crippen LogP contribution in [0.5, 0.6) is 0 Å². The van der Waals surface area contributed by atoms with Crippen LogP contribution in [-0.2, 0) is 0 Å². The van der Waals surface area contributed by atoms with Crippen LogP contribution in [0.3, 0.4) is 0 Å². The zero-order valence-corrected chi connectivity index (χ0v) is 18.8. The fraction of sp³-hybridized carbons (Fsp3) is 0.308. The van der Waals surface area contributed by atoms with Gasteiger partial charge in [-0.25, -0.2) is 15.0 Å². The van der Waals surface area contributed by atoms with Gasteiger partial charge in [0.2, 0.25) is 5.95 Å². The van der Waals surface area contributed by atoms with Crippen LogP contribution in [-0.4, -0.2) is 56.3 Å². The molecule has 0 radical (unpaired) electrons. The molecule has 3 aromatic heterocycles. The van der Waals surface area contributed by atoms with E-state index in [0.717, 1.165) is 60.4 Å². The number of aromatic nitrogens is 4. The summed E-state index contributed by atoms with van der Waals surface area (Å²) in [6, 6.07) is 17.8. The van der Waals surface area contributed by atoms with Crippen LogP contribution in [0.15, 0.2) is 60.8 Å². The largest absolute Gasteiger partial charge is 0.340 e. The van der Waals surface area contributed by atoms with Crippen molar-refractivity contribution in [1.29, 1.82) is 0 Å². The zero-order chi connectivity index (χ0) is 22.5. The minimum atomic E-state index is 0.0520.